The van der Waals surface area contributed by atoms with E-state index in [0.717, 1.165) is 6.54 Å². The van der Waals surface area contributed by atoms with Crippen molar-refractivity contribution in [3.63, 3.8) is 0 Å². The van der Waals surface area contributed by atoms with Crippen molar-refractivity contribution in [3.8, 4) is 0 Å². The average Bonchev–Trinajstić information content (AvgIpc) is 3.05. The predicted octanol–water partition coefficient (Wildman–Crippen LogP) is 2.08. The highest BCUT2D eigenvalue weighted by atomic mass is 16.2. The zero-order valence-corrected chi connectivity index (χ0v) is 11.4. The van der Waals surface area contributed by atoms with Crippen LogP contribution in [0.4, 0.5) is 0 Å². The lowest BCUT2D eigenvalue weighted by molar-refractivity contribution is -0.137. The van der Waals surface area contributed by atoms with Crippen molar-refractivity contribution in [1.29, 1.82) is 0 Å². The summed E-state index contributed by atoms with van der Waals surface area (Å²) < 4.78 is 0. The number of carbonyl (C=O) groups excluding carboxylic acids is 1. The van der Waals surface area contributed by atoms with Gasteiger partial charge in [-0.25, -0.2) is 0 Å². The molecule has 0 bridgehead atoms. The van der Waals surface area contributed by atoms with Gasteiger partial charge in [0.25, 0.3) is 0 Å². The Labute approximate surface area is 108 Å². The molecule has 1 N–H and O–H groups in total. The van der Waals surface area contributed by atoms with E-state index in [0.29, 0.717) is 18.4 Å². The lowest BCUT2D eigenvalue weighted by atomic mass is 9.83. The van der Waals surface area contributed by atoms with Crippen molar-refractivity contribution in [2.45, 2.75) is 45.6 Å². The summed E-state index contributed by atoms with van der Waals surface area (Å²) >= 11 is 0. The first-order chi connectivity index (χ1) is 8.49. The lowest BCUT2D eigenvalue weighted by Crippen LogP contribution is -2.47. The average molecular weight is 247 g/mol. The number of H-pyrrole nitrogens is 1. The van der Waals surface area contributed by atoms with Crippen LogP contribution in [0.5, 0.6) is 0 Å². The van der Waals surface area contributed by atoms with E-state index < -0.39 is 0 Å². The Hall–Kier alpha value is -1.32. The Balaban J connectivity index is 1.82. The molecule has 98 valence electrons. The number of carbonyl (C=O) groups is 1. The standard InChI is InChI=1S/C14H21N3O/c1-9(10-4-5-10)13(18)17-7-11-6-15-16-12(11)14(2,3)8-17/h6,9-10H,4-5,7-8H2,1-3H3,(H,15,16)/t9-/m0/s1. The molecule has 0 spiro atoms. The quantitative estimate of drug-likeness (QED) is 0.869. The lowest BCUT2D eigenvalue weighted by Gasteiger charge is -2.38. The van der Waals surface area contributed by atoms with Crippen LogP contribution >= 0.6 is 0 Å². The van der Waals surface area contributed by atoms with Crippen LogP contribution in [0.1, 0.15) is 44.9 Å². The fourth-order valence-corrected chi connectivity index (χ4v) is 3.08. The van der Waals surface area contributed by atoms with Gasteiger partial charge in [0.15, 0.2) is 0 Å². The third kappa shape index (κ3) is 1.84. The highest BCUT2D eigenvalue weighted by Crippen LogP contribution is 2.39. The Bertz CT molecular complexity index is 473. The molecule has 3 rings (SSSR count). The number of fused-ring (bicyclic) bond motifs is 1. The molecule has 1 aliphatic carbocycles. The zero-order chi connectivity index (χ0) is 12.9. The normalized spacial score (nSPS) is 23.6. The molecule has 0 saturated heterocycles. The summed E-state index contributed by atoms with van der Waals surface area (Å²) in [5.41, 5.74) is 2.33. The predicted molar refractivity (Wildman–Crippen MR) is 68.9 cm³/mol. The van der Waals surface area contributed by atoms with Gasteiger partial charge in [0.05, 0.1) is 6.20 Å². The summed E-state index contributed by atoms with van der Waals surface area (Å²) in [6.07, 6.45) is 4.31. The van der Waals surface area contributed by atoms with Crippen LogP contribution in [0.25, 0.3) is 0 Å². The Morgan fingerprint density at radius 2 is 2.28 bits per heavy atom. The zero-order valence-electron chi connectivity index (χ0n) is 11.4. The number of nitrogens with one attached hydrogen (secondary N) is 1. The van der Waals surface area contributed by atoms with Crippen LogP contribution < -0.4 is 0 Å². The second-order valence-corrected chi connectivity index (χ2v) is 6.47. The van der Waals surface area contributed by atoms with Gasteiger partial charge in [0, 0.05) is 35.7 Å². The van der Waals surface area contributed by atoms with Gasteiger partial charge in [-0.15, -0.1) is 0 Å². The molecule has 0 radical (unpaired) electrons. The van der Waals surface area contributed by atoms with Crippen molar-refractivity contribution in [2.75, 3.05) is 6.54 Å². The van der Waals surface area contributed by atoms with Crippen LogP contribution in [0.3, 0.4) is 0 Å². The summed E-state index contributed by atoms with van der Waals surface area (Å²) in [6, 6.07) is 0. The fraction of sp³-hybridized carbons (Fsp3) is 0.714. The molecule has 1 atom stereocenters. The molecule has 4 nitrogen and oxygen atoms in total. The first-order valence-corrected chi connectivity index (χ1v) is 6.80. The van der Waals surface area contributed by atoms with Crippen LogP contribution in [0, 0.1) is 11.8 Å². The summed E-state index contributed by atoms with van der Waals surface area (Å²) in [6.45, 7) is 7.93. The second-order valence-electron chi connectivity index (χ2n) is 6.47. The van der Waals surface area contributed by atoms with Crippen LogP contribution in [0.2, 0.25) is 0 Å². The number of rotatable bonds is 2. The van der Waals surface area contributed by atoms with E-state index in [-0.39, 0.29) is 11.3 Å². The Morgan fingerprint density at radius 3 is 2.94 bits per heavy atom. The molecule has 0 unspecified atom stereocenters. The summed E-state index contributed by atoms with van der Waals surface area (Å²) in [5.74, 6) is 1.14. The number of hydrogen-bond donors (Lipinski definition) is 1. The van der Waals surface area contributed by atoms with Crippen LogP contribution in [0.15, 0.2) is 6.20 Å². The maximum atomic E-state index is 12.5. The van der Waals surface area contributed by atoms with E-state index in [1.54, 1.807) is 0 Å². The van der Waals surface area contributed by atoms with Crippen molar-refractivity contribution in [2.24, 2.45) is 11.8 Å². The van der Waals surface area contributed by atoms with Gasteiger partial charge in [-0.05, 0) is 18.8 Å². The van der Waals surface area contributed by atoms with E-state index in [2.05, 4.69) is 31.0 Å². The summed E-state index contributed by atoms with van der Waals surface area (Å²) in [7, 11) is 0. The van der Waals surface area contributed by atoms with Crippen molar-refractivity contribution in [3.05, 3.63) is 17.5 Å². The van der Waals surface area contributed by atoms with E-state index in [1.807, 2.05) is 11.1 Å². The monoisotopic (exact) mass is 247 g/mol. The molecule has 1 aromatic heterocycles. The van der Waals surface area contributed by atoms with Gasteiger partial charge >= 0.3 is 0 Å². The molecule has 1 saturated carbocycles. The highest BCUT2D eigenvalue weighted by Gasteiger charge is 2.40. The number of amides is 1. The highest BCUT2D eigenvalue weighted by molar-refractivity contribution is 5.79. The van der Waals surface area contributed by atoms with Gasteiger partial charge in [-0.1, -0.05) is 20.8 Å². The molecule has 4 heteroatoms. The summed E-state index contributed by atoms with van der Waals surface area (Å²) in [5, 5.41) is 7.21. The molecular formula is C14H21N3O. The molecule has 18 heavy (non-hydrogen) atoms. The number of aromatic nitrogens is 2. The van der Waals surface area contributed by atoms with Crippen LogP contribution in [-0.4, -0.2) is 27.5 Å². The molecule has 1 aliphatic heterocycles. The molecule has 0 aromatic carbocycles. The minimum Gasteiger partial charge on any atom is -0.337 e. The molecule has 2 heterocycles. The van der Waals surface area contributed by atoms with E-state index in [1.165, 1.54) is 24.1 Å². The molecule has 1 fully saturated rings. The first-order valence-electron chi connectivity index (χ1n) is 6.80. The topological polar surface area (TPSA) is 49.0 Å². The minimum atomic E-state index is -0.0248. The van der Waals surface area contributed by atoms with Gasteiger partial charge in [0.1, 0.15) is 0 Å². The maximum Gasteiger partial charge on any atom is 0.226 e. The first kappa shape index (κ1) is 11.8. The molecular weight excluding hydrogens is 226 g/mol. The molecule has 2 aliphatic rings. The minimum absolute atomic E-state index is 0.0248. The second kappa shape index (κ2) is 3.84. The third-order valence-electron chi connectivity index (χ3n) is 4.37. The van der Waals surface area contributed by atoms with Crippen molar-refractivity contribution >= 4 is 5.91 Å². The van der Waals surface area contributed by atoms with Crippen molar-refractivity contribution in [1.82, 2.24) is 15.1 Å². The molecule has 1 aromatic rings. The van der Waals surface area contributed by atoms with Crippen molar-refractivity contribution < 1.29 is 4.79 Å². The van der Waals surface area contributed by atoms with E-state index in [9.17, 15) is 4.79 Å². The Kier molecular flexibility index (Phi) is 2.50. The SMILES string of the molecule is C[C@H](C(=O)N1Cc2cn[nH]c2C(C)(C)C1)C1CC1. The van der Waals surface area contributed by atoms with E-state index >= 15 is 0 Å². The number of aromatic amines is 1. The number of nitrogens with zero attached hydrogens (tertiary/aromatic N) is 2. The van der Waals surface area contributed by atoms with Gasteiger partial charge in [0.2, 0.25) is 5.91 Å². The van der Waals surface area contributed by atoms with Gasteiger partial charge in [-0.2, -0.15) is 5.10 Å². The summed E-state index contributed by atoms with van der Waals surface area (Å²) in [4.78, 5) is 14.5. The molecule has 1 amide bonds. The number of hydrogen-bond acceptors (Lipinski definition) is 2. The van der Waals surface area contributed by atoms with Gasteiger partial charge < -0.3 is 4.90 Å². The maximum absolute atomic E-state index is 12.5. The Morgan fingerprint density at radius 1 is 1.56 bits per heavy atom. The fourth-order valence-electron chi connectivity index (χ4n) is 3.08. The largest absolute Gasteiger partial charge is 0.337 e. The smallest absolute Gasteiger partial charge is 0.226 e. The van der Waals surface area contributed by atoms with E-state index in [4.69, 9.17) is 0 Å². The third-order valence-corrected chi connectivity index (χ3v) is 4.37. The van der Waals surface area contributed by atoms with Crippen LogP contribution in [-0.2, 0) is 16.8 Å². The van der Waals surface area contributed by atoms with Gasteiger partial charge in [-0.3, -0.25) is 9.89 Å².